The second kappa shape index (κ2) is 8.98. The van der Waals surface area contributed by atoms with Crippen LogP contribution in [0.5, 0.6) is 11.5 Å². The molecule has 28 heavy (non-hydrogen) atoms. The molecule has 0 saturated carbocycles. The fraction of sp³-hybridized carbons (Fsp3) is 0.250. The van der Waals surface area contributed by atoms with Gasteiger partial charge in [-0.1, -0.05) is 6.92 Å². The van der Waals surface area contributed by atoms with Gasteiger partial charge >= 0.3 is 0 Å². The van der Waals surface area contributed by atoms with Gasteiger partial charge in [-0.05, 0) is 67.0 Å². The highest BCUT2D eigenvalue weighted by Crippen LogP contribution is 2.22. The van der Waals surface area contributed by atoms with E-state index in [9.17, 15) is 9.18 Å². The molecule has 7 nitrogen and oxygen atoms in total. The van der Waals surface area contributed by atoms with Crippen molar-refractivity contribution in [2.75, 3.05) is 11.9 Å². The zero-order valence-corrected chi connectivity index (χ0v) is 15.5. The third-order valence-electron chi connectivity index (χ3n) is 3.83. The van der Waals surface area contributed by atoms with Gasteiger partial charge in [0, 0.05) is 5.56 Å². The molecule has 1 amide bonds. The predicted octanol–water partition coefficient (Wildman–Crippen LogP) is 4.07. The number of hydrogen-bond donors (Lipinski definition) is 1. The lowest BCUT2D eigenvalue weighted by atomic mass is 10.2. The van der Waals surface area contributed by atoms with Gasteiger partial charge in [-0.2, -0.15) is 4.98 Å². The number of amides is 1. The molecular formula is C20H20FN3O4. The Hall–Kier alpha value is -3.42. The average Bonchev–Trinajstić information content (AvgIpc) is 3.16. The Kier molecular flexibility index (Phi) is 6.21. The highest BCUT2D eigenvalue weighted by atomic mass is 19.1. The first-order chi connectivity index (χ1) is 13.6. The summed E-state index contributed by atoms with van der Waals surface area (Å²) in [4.78, 5) is 16.6. The average molecular weight is 385 g/mol. The van der Waals surface area contributed by atoms with E-state index >= 15 is 0 Å². The molecule has 0 aliphatic rings. The first kappa shape index (κ1) is 19.3. The summed E-state index contributed by atoms with van der Waals surface area (Å²) in [5.74, 6) is 0.639. The number of carbonyl (C=O) groups excluding carboxylic acids is 1. The minimum absolute atomic E-state index is 0.0371. The third-order valence-corrected chi connectivity index (χ3v) is 3.83. The van der Waals surface area contributed by atoms with Crippen molar-refractivity contribution in [1.29, 1.82) is 0 Å². The largest absolute Gasteiger partial charge is 0.494 e. The van der Waals surface area contributed by atoms with Crippen molar-refractivity contribution in [2.24, 2.45) is 0 Å². The molecule has 8 heteroatoms. The van der Waals surface area contributed by atoms with E-state index in [2.05, 4.69) is 15.5 Å². The fourth-order valence-corrected chi connectivity index (χ4v) is 2.44. The Morgan fingerprint density at radius 2 is 1.79 bits per heavy atom. The van der Waals surface area contributed by atoms with E-state index in [1.807, 2.05) is 6.92 Å². The van der Waals surface area contributed by atoms with Crippen molar-refractivity contribution in [3.05, 3.63) is 54.3 Å². The summed E-state index contributed by atoms with van der Waals surface area (Å²) in [5, 5.41) is 6.34. The van der Waals surface area contributed by atoms with Crippen LogP contribution >= 0.6 is 0 Å². The minimum Gasteiger partial charge on any atom is -0.494 e. The lowest BCUT2D eigenvalue weighted by Crippen LogP contribution is -2.32. The van der Waals surface area contributed by atoms with E-state index in [4.69, 9.17) is 14.0 Å². The van der Waals surface area contributed by atoms with Gasteiger partial charge in [0.1, 0.15) is 17.3 Å². The van der Waals surface area contributed by atoms with Gasteiger partial charge < -0.3 is 14.0 Å². The van der Waals surface area contributed by atoms with Crippen LogP contribution in [0, 0.1) is 5.82 Å². The summed E-state index contributed by atoms with van der Waals surface area (Å²) in [6.45, 7) is 4.29. The molecule has 146 valence electrons. The first-order valence-corrected chi connectivity index (χ1v) is 8.89. The second-order valence-electron chi connectivity index (χ2n) is 5.84. The fourth-order valence-electron chi connectivity index (χ4n) is 2.44. The van der Waals surface area contributed by atoms with Crippen LogP contribution in [0.1, 0.15) is 20.3 Å². The van der Waals surface area contributed by atoms with Gasteiger partial charge in [0.2, 0.25) is 0 Å². The maximum Gasteiger partial charge on any atom is 0.270 e. The quantitative estimate of drug-likeness (QED) is 0.629. The van der Waals surface area contributed by atoms with E-state index < -0.39 is 12.0 Å². The van der Waals surface area contributed by atoms with Crippen molar-refractivity contribution < 1.29 is 23.2 Å². The molecule has 1 atom stereocenters. The van der Waals surface area contributed by atoms with E-state index in [1.54, 1.807) is 31.2 Å². The van der Waals surface area contributed by atoms with Crippen LogP contribution in [0.15, 0.2) is 53.1 Å². The predicted molar refractivity (Wildman–Crippen MR) is 101 cm³/mol. The Labute approximate surface area is 161 Å². The smallest absolute Gasteiger partial charge is 0.270 e. The SMILES string of the molecule is CCOc1ccc(-c2nc(NC(=O)[C@H](CC)Oc3ccc(F)cc3)no2)cc1. The van der Waals surface area contributed by atoms with Crippen molar-refractivity contribution in [1.82, 2.24) is 10.1 Å². The molecule has 0 radical (unpaired) electrons. The third kappa shape index (κ3) is 4.85. The number of ether oxygens (including phenoxy) is 2. The zero-order chi connectivity index (χ0) is 19.9. The van der Waals surface area contributed by atoms with Gasteiger partial charge in [-0.15, -0.1) is 0 Å². The summed E-state index contributed by atoms with van der Waals surface area (Å²) in [6.07, 6.45) is -0.370. The molecule has 2 aromatic carbocycles. The van der Waals surface area contributed by atoms with E-state index in [-0.39, 0.29) is 17.7 Å². The highest BCUT2D eigenvalue weighted by molar-refractivity contribution is 5.92. The normalized spacial score (nSPS) is 11.7. The molecular weight excluding hydrogens is 365 g/mol. The maximum absolute atomic E-state index is 13.0. The molecule has 1 aromatic heterocycles. The summed E-state index contributed by atoms with van der Waals surface area (Å²) < 4.78 is 29.2. The number of carbonyl (C=O) groups is 1. The molecule has 0 aliphatic heterocycles. The van der Waals surface area contributed by atoms with Crippen LogP contribution < -0.4 is 14.8 Å². The number of nitrogens with one attached hydrogen (secondary N) is 1. The Balaban J connectivity index is 1.64. The Morgan fingerprint density at radius 1 is 1.11 bits per heavy atom. The van der Waals surface area contributed by atoms with Crippen LogP contribution in [-0.2, 0) is 4.79 Å². The molecule has 0 fully saturated rings. The highest BCUT2D eigenvalue weighted by Gasteiger charge is 2.21. The van der Waals surface area contributed by atoms with Crippen molar-refractivity contribution >= 4 is 11.9 Å². The number of hydrogen-bond acceptors (Lipinski definition) is 6. The standard InChI is InChI=1S/C20H20FN3O4/c1-3-17(27-16-11-7-14(21)8-12-16)18(25)22-20-23-19(28-24-20)13-5-9-15(10-6-13)26-4-2/h5-12,17H,3-4H2,1-2H3,(H,22,24,25)/t17-/m0/s1. The van der Waals surface area contributed by atoms with Gasteiger partial charge in [0.05, 0.1) is 6.61 Å². The number of aromatic nitrogens is 2. The molecule has 0 aliphatic carbocycles. The summed E-state index contributed by atoms with van der Waals surface area (Å²) in [7, 11) is 0. The van der Waals surface area contributed by atoms with Gasteiger partial charge in [0.25, 0.3) is 17.7 Å². The first-order valence-electron chi connectivity index (χ1n) is 8.89. The molecule has 0 unspecified atom stereocenters. The Bertz CT molecular complexity index is 910. The van der Waals surface area contributed by atoms with Gasteiger partial charge in [-0.3, -0.25) is 10.1 Å². The summed E-state index contributed by atoms with van der Waals surface area (Å²) >= 11 is 0. The zero-order valence-electron chi connectivity index (χ0n) is 15.5. The van der Waals surface area contributed by atoms with Crippen molar-refractivity contribution in [3.63, 3.8) is 0 Å². The molecule has 0 saturated heterocycles. The minimum atomic E-state index is -0.780. The molecule has 3 aromatic rings. The summed E-state index contributed by atoms with van der Waals surface area (Å²) in [6, 6.07) is 12.6. The van der Waals surface area contributed by atoms with Crippen molar-refractivity contribution in [2.45, 2.75) is 26.4 Å². The molecule has 1 heterocycles. The van der Waals surface area contributed by atoms with Gasteiger partial charge in [0.15, 0.2) is 6.10 Å². The second-order valence-corrected chi connectivity index (χ2v) is 5.84. The van der Waals surface area contributed by atoms with Gasteiger partial charge in [-0.25, -0.2) is 4.39 Å². The lowest BCUT2D eigenvalue weighted by molar-refractivity contribution is -0.122. The van der Waals surface area contributed by atoms with E-state index in [0.29, 0.717) is 24.3 Å². The van der Waals surface area contributed by atoms with Crippen molar-refractivity contribution in [3.8, 4) is 23.0 Å². The Morgan fingerprint density at radius 3 is 2.43 bits per heavy atom. The number of benzene rings is 2. The topological polar surface area (TPSA) is 86.5 Å². The molecule has 1 N–H and O–H groups in total. The molecule has 0 bridgehead atoms. The van der Waals surface area contributed by atoms with Crippen LogP contribution in [0.25, 0.3) is 11.5 Å². The summed E-state index contributed by atoms with van der Waals surface area (Å²) in [5.41, 5.74) is 0.700. The number of anilines is 1. The van der Waals surface area contributed by atoms with Crippen LogP contribution in [0.4, 0.5) is 10.3 Å². The van der Waals surface area contributed by atoms with Crippen LogP contribution in [0.3, 0.4) is 0 Å². The van der Waals surface area contributed by atoms with E-state index in [0.717, 1.165) is 5.75 Å². The monoisotopic (exact) mass is 385 g/mol. The van der Waals surface area contributed by atoms with Crippen LogP contribution in [-0.4, -0.2) is 28.8 Å². The number of rotatable bonds is 8. The lowest BCUT2D eigenvalue weighted by Gasteiger charge is -2.15. The maximum atomic E-state index is 13.0. The number of nitrogens with zero attached hydrogens (tertiary/aromatic N) is 2. The number of halogens is 1. The van der Waals surface area contributed by atoms with Crippen LogP contribution in [0.2, 0.25) is 0 Å². The molecule has 3 rings (SSSR count). The molecule has 0 spiro atoms. The van der Waals surface area contributed by atoms with E-state index in [1.165, 1.54) is 24.3 Å².